The lowest BCUT2D eigenvalue weighted by Gasteiger charge is -2.12. The lowest BCUT2D eigenvalue weighted by Crippen LogP contribution is -2.21. The maximum atomic E-state index is 12.8. The summed E-state index contributed by atoms with van der Waals surface area (Å²) in [6.45, 7) is 0.388. The minimum absolute atomic E-state index is 0.0206. The number of anilines is 1. The molecule has 7 nitrogen and oxygen atoms in total. The summed E-state index contributed by atoms with van der Waals surface area (Å²) in [4.78, 5) is 12.8. The van der Waals surface area contributed by atoms with E-state index < -0.39 is 15.9 Å². The highest BCUT2D eigenvalue weighted by Gasteiger charge is 2.18. The second kappa shape index (κ2) is 11.5. The van der Waals surface area contributed by atoms with E-state index in [-0.39, 0.29) is 16.1 Å². The summed E-state index contributed by atoms with van der Waals surface area (Å²) >= 11 is 5.85. The largest absolute Gasteiger partial charge is 0.488 e. The van der Waals surface area contributed by atoms with Crippen molar-refractivity contribution >= 4 is 39.4 Å². The zero-order chi connectivity index (χ0) is 25.4. The Morgan fingerprint density at radius 2 is 1.53 bits per heavy atom. The van der Waals surface area contributed by atoms with E-state index in [2.05, 4.69) is 15.2 Å². The van der Waals surface area contributed by atoms with Gasteiger partial charge in [-0.3, -0.25) is 9.52 Å². The molecular formula is C27H22ClN3O4S. The number of ether oxygens (including phenoxy) is 1. The molecule has 0 fully saturated rings. The van der Waals surface area contributed by atoms with Gasteiger partial charge in [-0.05, 0) is 54.1 Å². The molecule has 0 aliphatic carbocycles. The zero-order valence-electron chi connectivity index (χ0n) is 19.0. The quantitative estimate of drug-likeness (QED) is 0.226. The molecule has 36 heavy (non-hydrogen) atoms. The summed E-state index contributed by atoms with van der Waals surface area (Å²) in [6, 6.07) is 29.0. The number of para-hydroxylation sites is 2. The average molecular weight is 520 g/mol. The Labute approximate surface area is 214 Å². The molecule has 0 bridgehead atoms. The van der Waals surface area contributed by atoms with Crippen molar-refractivity contribution in [3.05, 3.63) is 125 Å². The highest BCUT2D eigenvalue weighted by atomic mass is 35.5. The van der Waals surface area contributed by atoms with Crippen LogP contribution in [0, 0.1) is 0 Å². The number of sulfonamides is 1. The first-order chi connectivity index (χ1) is 17.4. The third-order valence-electron chi connectivity index (χ3n) is 5.07. The minimum atomic E-state index is -3.93. The van der Waals surface area contributed by atoms with Crippen molar-refractivity contribution in [1.82, 2.24) is 5.43 Å². The molecule has 0 aromatic heterocycles. The Morgan fingerprint density at radius 3 is 2.31 bits per heavy atom. The number of halogens is 1. The Balaban J connectivity index is 1.45. The minimum Gasteiger partial charge on any atom is -0.488 e. The van der Waals surface area contributed by atoms with Crippen molar-refractivity contribution in [1.29, 1.82) is 0 Å². The summed E-state index contributed by atoms with van der Waals surface area (Å²) in [5, 5.41) is 4.46. The zero-order valence-corrected chi connectivity index (χ0v) is 20.5. The van der Waals surface area contributed by atoms with Crippen molar-refractivity contribution in [2.75, 3.05) is 4.72 Å². The molecule has 0 saturated carbocycles. The van der Waals surface area contributed by atoms with Crippen molar-refractivity contribution < 1.29 is 17.9 Å². The van der Waals surface area contributed by atoms with Crippen LogP contribution in [0.25, 0.3) is 0 Å². The average Bonchev–Trinajstić information content (AvgIpc) is 2.89. The third kappa shape index (κ3) is 6.50. The highest BCUT2D eigenvalue weighted by Crippen LogP contribution is 2.22. The molecular weight excluding hydrogens is 498 g/mol. The summed E-state index contributed by atoms with van der Waals surface area (Å²) in [5.41, 5.74) is 4.37. The smallest absolute Gasteiger partial charge is 0.273 e. The summed E-state index contributed by atoms with van der Waals surface area (Å²) in [5.74, 6) is 0.0267. The van der Waals surface area contributed by atoms with Gasteiger partial charge in [0.15, 0.2) is 0 Å². The number of hydrazone groups is 1. The maximum Gasteiger partial charge on any atom is 0.273 e. The topological polar surface area (TPSA) is 96.9 Å². The molecule has 0 aliphatic rings. The van der Waals surface area contributed by atoms with E-state index in [0.29, 0.717) is 22.9 Å². The summed E-state index contributed by atoms with van der Waals surface area (Å²) < 4.78 is 33.9. The second-order valence-electron chi connectivity index (χ2n) is 7.62. The molecule has 0 radical (unpaired) electrons. The molecule has 4 rings (SSSR count). The molecule has 0 heterocycles. The molecule has 2 N–H and O–H groups in total. The van der Waals surface area contributed by atoms with Crippen LogP contribution in [-0.4, -0.2) is 20.5 Å². The van der Waals surface area contributed by atoms with Gasteiger partial charge in [-0.1, -0.05) is 66.2 Å². The van der Waals surface area contributed by atoms with Crippen LogP contribution in [0.2, 0.25) is 5.02 Å². The van der Waals surface area contributed by atoms with E-state index in [4.69, 9.17) is 16.3 Å². The van der Waals surface area contributed by atoms with Gasteiger partial charge < -0.3 is 4.74 Å². The Hall–Kier alpha value is -4.14. The van der Waals surface area contributed by atoms with Crippen LogP contribution in [0.15, 0.2) is 113 Å². The lowest BCUT2D eigenvalue weighted by atomic mass is 10.2. The van der Waals surface area contributed by atoms with Gasteiger partial charge in [0.1, 0.15) is 12.4 Å². The molecule has 9 heteroatoms. The van der Waals surface area contributed by atoms with Gasteiger partial charge in [0.2, 0.25) is 0 Å². The maximum absolute atomic E-state index is 12.8. The summed E-state index contributed by atoms with van der Waals surface area (Å²) in [6.07, 6.45) is 1.47. The predicted octanol–water partition coefficient (Wildman–Crippen LogP) is 5.48. The van der Waals surface area contributed by atoms with Crippen molar-refractivity contribution in [3.63, 3.8) is 0 Å². The van der Waals surface area contributed by atoms with Gasteiger partial charge in [0.25, 0.3) is 15.9 Å². The number of hydrogen-bond acceptors (Lipinski definition) is 5. The van der Waals surface area contributed by atoms with Crippen LogP contribution >= 0.6 is 11.6 Å². The SMILES string of the molecule is O=C(N/N=C/c1ccccc1OCc1ccccc1)c1ccccc1NS(=O)(=O)c1ccc(Cl)cc1. The van der Waals surface area contributed by atoms with Gasteiger partial charge in [-0.15, -0.1) is 0 Å². The first kappa shape index (κ1) is 25.0. The molecule has 0 atom stereocenters. The number of amides is 1. The molecule has 0 spiro atoms. The highest BCUT2D eigenvalue weighted by molar-refractivity contribution is 7.92. The molecule has 0 unspecified atom stereocenters. The number of rotatable bonds is 9. The lowest BCUT2D eigenvalue weighted by molar-refractivity contribution is 0.0956. The first-order valence-electron chi connectivity index (χ1n) is 10.9. The fraction of sp³-hybridized carbons (Fsp3) is 0.0370. The molecule has 1 amide bonds. The normalized spacial score (nSPS) is 11.2. The molecule has 0 saturated heterocycles. The Bertz CT molecular complexity index is 1470. The first-order valence-corrected chi connectivity index (χ1v) is 12.7. The number of nitrogens with one attached hydrogen (secondary N) is 2. The monoisotopic (exact) mass is 519 g/mol. The van der Waals surface area contributed by atoms with Crippen molar-refractivity contribution in [2.24, 2.45) is 5.10 Å². The molecule has 0 aliphatic heterocycles. The second-order valence-corrected chi connectivity index (χ2v) is 9.74. The van der Waals surface area contributed by atoms with Crippen molar-refractivity contribution in [3.8, 4) is 5.75 Å². The Morgan fingerprint density at radius 1 is 0.861 bits per heavy atom. The number of hydrogen-bond donors (Lipinski definition) is 2. The van der Waals surface area contributed by atoms with Gasteiger partial charge in [0, 0.05) is 10.6 Å². The van der Waals surface area contributed by atoms with Crippen LogP contribution in [-0.2, 0) is 16.6 Å². The standard InChI is InChI=1S/C27H22ClN3O4S/c28-22-14-16-23(17-15-22)36(33,34)31-25-12-6-5-11-24(25)27(32)30-29-18-21-10-4-7-13-26(21)35-19-20-8-2-1-3-9-20/h1-18,31H,19H2,(H,30,32)/b29-18+. The van der Waals surface area contributed by atoms with E-state index in [9.17, 15) is 13.2 Å². The fourth-order valence-corrected chi connectivity index (χ4v) is 4.47. The van der Waals surface area contributed by atoms with Gasteiger partial charge in [-0.2, -0.15) is 5.10 Å². The van der Waals surface area contributed by atoms with Gasteiger partial charge in [-0.25, -0.2) is 13.8 Å². The van der Waals surface area contributed by atoms with Crippen LogP contribution in [0.5, 0.6) is 5.75 Å². The molecule has 4 aromatic carbocycles. The van der Waals surface area contributed by atoms with E-state index in [0.717, 1.165) is 5.56 Å². The van der Waals surface area contributed by atoms with Crippen LogP contribution in [0.1, 0.15) is 21.5 Å². The number of carbonyl (C=O) groups excluding carboxylic acids is 1. The molecule has 4 aromatic rings. The number of carbonyl (C=O) groups is 1. The Kier molecular flexibility index (Phi) is 7.99. The van der Waals surface area contributed by atoms with Crippen LogP contribution < -0.4 is 14.9 Å². The van der Waals surface area contributed by atoms with E-state index in [1.165, 1.54) is 42.6 Å². The van der Waals surface area contributed by atoms with E-state index in [1.54, 1.807) is 12.1 Å². The van der Waals surface area contributed by atoms with Crippen LogP contribution in [0.3, 0.4) is 0 Å². The number of benzene rings is 4. The van der Waals surface area contributed by atoms with Gasteiger partial charge in [0.05, 0.1) is 22.4 Å². The van der Waals surface area contributed by atoms with E-state index >= 15 is 0 Å². The predicted molar refractivity (Wildman–Crippen MR) is 141 cm³/mol. The summed E-state index contributed by atoms with van der Waals surface area (Å²) in [7, 11) is -3.93. The van der Waals surface area contributed by atoms with E-state index in [1.807, 2.05) is 54.6 Å². The third-order valence-corrected chi connectivity index (χ3v) is 6.70. The van der Waals surface area contributed by atoms with Crippen LogP contribution in [0.4, 0.5) is 5.69 Å². The van der Waals surface area contributed by atoms with Crippen molar-refractivity contribution in [2.45, 2.75) is 11.5 Å². The fourth-order valence-electron chi connectivity index (χ4n) is 3.26. The van der Waals surface area contributed by atoms with Gasteiger partial charge >= 0.3 is 0 Å². The number of nitrogens with zero attached hydrogens (tertiary/aromatic N) is 1. The molecule has 182 valence electrons.